The van der Waals surface area contributed by atoms with Gasteiger partial charge in [-0.15, -0.1) is 0 Å². The largest absolute Gasteiger partial charge is 0.481 e. The molecule has 1 N–H and O–H groups in total. The molecule has 0 radical (unpaired) electrons. The molecule has 22 heavy (non-hydrogen) atoms. The van der Waals surface area contributed by atoms with Gasteiger partial charge in [0.25, 0.3) is 0 Å². The van der Waals surface area contributed by atoms with Crippen molar-refractivity contribution < 1.29 is 27.9 Å². The van der Waals surface area contributed by atoms with Crippen molar-refractivity contribution in [2.75, 3.05) is 32.1 Å². The van der Waals surface area contributed by atoms with Gasteiger partial charge < -0.3 is 14.7 Å². The lowest BCUT2D eigenvalue weighted by Crippen LogP contribution is -2.45. The highest BCUT2D eigenvalue weighted by atomic mass is 32.2. The summed E-state index contributed by atoms with van der Waals surface area (Å²) in [6.45, 7) is 5.59. The van der Waals surface area contributed by atoms with Gasteiger partial charge in [0.2, 0.25) is 5.91 Å². The molecule has 0 aromatic carbocycles. The Morgan fingerprint density at radius 1 is 1.36 bits per heavy atom. The number of carbonyl (C=O) groups is 2. The van der Waals surface area contributed by atoms with Crippen LogP contribution in [-0.2, 0) is 24.2 Å². The van der Waals surface area contributed by atoms with E-state index in [1.807, 2.05) is 0 Å². The summed E-state index contributed by atoms with van der Waals surface area (Å²) in [6, 6.07) is 0. The maximum Gasteiger partial charge on any atom is 0.311 e. The van der Waals surface area contributed by atoms with Gasteiger partial charge in [0.15, 0.2) is 9.84 Å². The minimum atomic E-state index is -3.58. The van der Waals surface area contributed by atoms with Crippen LogP contribution in [0, 0.1) is 11.3 Å². The van der Waals surface area contributed by atoms with Gasteiger partial charge in [0.1, 0.15) is 5.75 Å². The van der Waals surface area contributed by atoms with Gasteiger partial charge in [-0.1, -0.05) is 0 Å². The van der Waals surface area contributed by atoms with Gasteiger partial charge in [-0.25, -0.2) is 8.42 Å². The maximum absolute atomic E-state index is 12.3. The third-order valence-corrected chi connectivity index (χ3v) is 7.22. The number of carboxylic acids is 1. The lowest BCUT2D eigenvalue weighted by molar-refractivity contribution is -0.157. The molecule has 2 saturated heterocycles. The van der Waals surface area contributed by atoms with E-state index in [2.05, 4.69) is 0 Å². The van der Waals surface area contributed by atoms with Crippen molar-refractivity contribution in [1.82, 2.24) is 4.90 Å². The Labute approximate surface area is 130 Å². The molecule has 2 rings (SSSR count). The second kappa shape index (κ2) is 5.49. The first-order valence-electron chi connectivity index (χ1n) is 7.31. The summed E-state index contributed by atoms with van der Waals surface area (Å²) in [5.41, 5.74) is -1.00. The van der Waals surface area contributed by atoms with Crippen molar-refractivity contribution in [2.24, 2.45) is 11.3 Å². The minimum absolute atomic E-state index is 0.0643. The van der Waals surface area contributed by atoms with E-state index in [4.69, 9.17) is 4.74 Å². The Kier molecular flexibility index (Phi) is 4.29. The van der Waals surface area contributed by atoms with Crippen molar-refractivity contribution in [1.29, 1.82) is 0 Å². The Balaban J connectivity index is 2.15. The molecular formula is C14H23NO6S. The van der Waals surface area contributed by atoms with Crippen LogP contribution in [0.4, 0.5) is 0 Å². The number of fused-ring (bicyclic) bond motifs is 1. The van der Waals surface area contributed by atoms with E-state index in [9.17, 15) is 23.1 Å². The van der Waals surface area contributed by atoms with Crippen molar-refractivity contribution >= 4 is 21.7 Å². The first-order chi connectivity index (χ1) is 9.99. The fourth-order valence-electron chi connectivity index (χ4n) is 2.96. The number of likely N-dealkylation sites (tertiary alicyclic amines) is 1. The van der Waals surface area contributed by atoms with Crippen LogP contribution in [0.1, 0.15) is 27.2 Å². The molecule has 0 spiro atoms. The second-order valence-corrected chi connectivity index (χ2v) is 9.87. The first-order valence-corrected chi connectivity index (χ1v) is 8.96. The first kappa shape index (κ1) is 17.2. The fraction of sp³-hybridized carbons (Fsp3) is 0.857. The van der Waals surface area contributed by atoms with E-state index in [0.29, 0.717) is 19.6 Å². The van der Waals surface area contributed by atoms with Crippen molar-refractivity contribution in [2.45, 2.75) is 31.9 Å². The van der Waals surface area contributed by atoms with Crippen molar-refractivity contribution in [3.05, 3.63) is 0 Å². The number of sulfone groups is 1. The quantitative estimate of drug-likeness (QED) is 0.789. The molecule has 2 atom stereocenters. The normalized spacial score (nSPS) is 29.2. The van der Waals surface area contributed by atoms with Gasteiger partial charge in [-0.05, 0) is 27.2 Å². The second-order valence-electron chi connectivity index (χ2n) is 7.13. The van der Waals surface area contributed by atoms with Crippen LogP contribution < -0.4 is 0 Å². The van der Waals surface area contributed by atoms with Gasteiger partial charge >= 0.3 is 5.97 Å². The third-order valence-electron chi connectivity index (χ3n) is 4.73. The van der Waals surface area contributed by atoms with Crippen LogP contribution in [-0.4, -0.2) is 67.1 Å². The summed E-state index contributed by atoms with van der Waals surface area (Å²) < 4.78 is 28.6. The molecule has 2 heterocycles. The van der Waals surface area contributed by atoms with Gasteiger partial charge in [0.05, 0.1) is 16.8 Å². The molecule has 1 amide bonds. The van der Waals surface area contributed by atoms with Crippen molar-refractivity contribution in [3.63, 3.8) is 0 Å². The highest BCUT2D eigenvalue weighted by Gasteiger charge is 2.55. The van der Waals surface area contributed by atoms with E-state index in [-0.39, 0.29) is 19.0 Å². The fourth-order valence-corrected chi connectivity index (χ4v) is 3.90. The molecule has 0 aromatic heterocycles. The zero-order valence-electron chi connectivity index (χ0n) is 13.2. The average molecular weight is 333 g/mol. The average Bonchev–Trinajstić information content (AvgIpc) is 2.77. The van der Waals surface area contributed by atoms with E-state index in [1.165, 1.54) is 4.90 Å². The number of aliphatic carboxylic acids is 1. The highest BCUT2D eigenvalue weighted by molar-refractivity contribution is 7.93. The van der Waals surface area contributed by atoms with Crippen LogP contribution in [0.2, 0.25) is 0 Å². The van der Waals surface area contributed by atoms with Crippen LogP contribution in [0.25, 0.3) is 0 Å². The molecule has 2 aliphatic rings. The molecule has 0 aliphatic carbocycles. The SMILES string of the molecule is CC(C)(C)S(=O)(=O)CC(=O)N1C[C@H]2COCC[C@@]2(C(=O)O)C1. The van der Waals surface area contributed by atoms with E-state index >= 15 is 0 Å². The number of rotatable bonds is 3. The monoisotopic (exact) mass is 333 g/mol. The summed E-state index contributed by atoms with van der Waals surface area (Å²) in [5.74, 6) is -2.32. The molecule has 0 saturated carbocycles. The Morgan fingerprint density at radius 2 is 2.00 bits per heavy atom. The standard InChI is InChI=1S/C14H23NO6S/c1-13(2,3)22(19,20)8-11(16)15-6-10-7-21-5-4-14(10,9-15)12(17)18/h10H,4-9H2,1-3H3,(H,17,18)/t10-,14+/m0/s1. The van der Waals surface area contributed by atoms with Crippen LogP contribution in [0.3, 0.4) is 0 Å². The third kappa shape index (κ3) is 2.86. The van der Waals surface area contributed by atoms with Crippen LogP contribution >= 0.6 is 0 Å². The van der Waals surface area contributed by atoms with E-state index in [1.54, 1.807) is 20.8 Å². The summed E-state index contributed by atoms with van der Waals surface area (Å²) >= 11 is 0. The number of carbonyl (C=O) groups excluding carboxylic acids is 1. The predicted octanol–water partition coefficient (Wildman–Crippen LogP) is 0.149. The lowest BCUT2D eigenvalue weighted by Gasteiger charge is -2.33. The summed E-state index contributed by atoms with van der Waals surface area (Å²) in [5, 5.41) is 9.55. The van der Waals surface area contributed by atoms with Crippen LogP contribution in [0.15, 0.2) is 0 Å². The topological polar surface area (TPSA) is 101 Å². The number of amides is 1. The lowest BCUT2D eigenvalue weighted by atomic mass is 9.74. The maximum atomic E-state index is 12.3. The highest BCUT2D eigenvalue weighted by Crippen LogP contribution is 2.42. The molecule has 126 valence electrons. The van der Waals surface area contributed by atoms with Gasteiger partial charge in [-0.3, -0.25) is 9.59 Å². The molecule has 2 fully saturated rings. The Bertz CT molecular complexity index is 579. The van der Waals surface area contributed by atoms with E-state index < -0.39 is 37.6 Å². The van der Waals surface area contributed by atoms with Crippen LogP contribution in [0.5, 0.6) is 0 Å². The molecular weight excluding hydrogens is 310 g/mol. The molecule has 0 unspecified atom stereocenters. The summed E-state index contributed by atoms with van der Waals surface area (Å²) in [7, 11) is -3.58. The molecule has 2 aliphatic heterocycles. The molecule has 7 nitrogen and oxygen atoms in total. The zero-order chi connectivity index (χ0) is 16.8. The molecule has 0 bridgehead atoms. The number of ether oxygens (including phenoxy) is 1. The summed E-state index contributed by atoms with van der Waals surface area (Å²) in [4.78, 5) is 25.4. The predicted molar refractivity (Wildman–Crippen MR) is 79.1 cm³/mol. The number of hydrogen-bond donors (Lipinski definition) is 1. The molecule has 8 heteroatoms. The van der Waals surface area contributed by atoms with Gasteiger partial charge in [-0.2, -0.15) is 0 Å². The Morgan fingerprint density at radius 3 is 2.50 bits per heavy atom. The number of nitrogens with zero attached hydrogens (tertiary/aromatic N) is 1. The summed E-state index contributed by atoms with van der Waals surface area (Å²) in [6.07, 6.45) is 0.350. The number of carboxylic acid groups (broad SMARTS) is 1. The van der Waals surface area contributed by atoms with Crippen molar-refractivity contribution in [3.8, 4) is 0 Å². The smallest absolute Gasteiger partial charge is 0.311 e. The number of hydrogen-bond acceptors (Lipinski definition) is 5. The van der Waals surface area contributed by atoms with E-state index in [0.717, 1.165) is 0 Å². The Hall–Kier alpha value is -1.15. The zero-order valence-corrected chi connectivity index (χ0v) is 14.0. The minimum Gasteiger partial charge on any atom is -0.481 e. The van der Waals surface area contributed by atoms with Gasteiger partial charge in [0, 0.05) is 25.6 Å². The molecule has 0 aromatic rings.